The van der Waals surface area contributed by atoms with Gasteiger partial charge in [0, 0.05) is 32.8 Å². The first-order valence-electron chi connectivity index (χ1n) is 10.1. The van der Waals surface area contributed by atoms with Crippen molar-refractivity contribution in [2.24, 2.45) is 4.99 Å². The quantitative estimate of drug-likeness (QED) is 0.362. The summed E-state index contributed by atoms with van der Waals surface area (Å²) in [6, 6.07) is 9.18. The minimum absolute atomic E-state index is 0. The second kappa shape index (κ2) is 12.6. The molecule has 6 heteroatoms. The molecule has 152 valence electrons. The first-order chi connectivity index (χ1) is 12.8. The second-order valence-electron chi connectivity index (χ2n) is 7.35. The smallest absolute Gasteiger partial charge is 0.191 e. The number of guanidine groups is 1. The van der Waals surface area contributed by atoms with Crippen LogP contribution in [0.15, 0.2) is 29.3 Å². The van der Waals surface area contributed by atoms with E-state index in [0.717, 1.165) is 38.6 Å². The van der Waals surface area contributed by atoms with Crippen LogP contribution in [0.1, 0.15) is 56.1 Å². The standard InChI is InChI=1S/C21H33N3O2.HI/c1-22-21(24-19-8-3-2-4-9-19)23-15-17-6-5-7-18(14-17)16-26-20-10-12-25-13-11-20;/h5-7,14,19-20H,2-4,8-13,15-16H2,1H3,(H2,22,23,24);1H. The molecule has 0 spiro atoms. The molecule has 2 fully saturated rings. The highest BCUT2D eigenvalue weighted by atomic mass is 127. The fourth-order valence-corrected chi connectivity index (χ4v) is 3.71. The van der Waals surface area contributed by atoms with E-state index in [0.29, 0.717) is 18.8 Å². The van der Waals surface area contributed by atoms with E-state index in [9.17, 15) is 0 Å². The topological polar surface area (TPSA) is 54.9 Å². The van der Waals surface area contributed by atoms with Crippen LogP contribution in [0.3, 0.4) is 0 Å². The lowest BCUT2D eigenvalue weighted by molar-refractivity contribution is -0.0390. The summed E-state index contributed by atoms with van der Waals surface area (Å²) in [5.41, 5.74) is 2.48. The molecule has 1 aromatic carbocycles. The number of hydrogen-bond acceptors (Lipinski definition) is 3. The van der Waals surface area contributed by atoms with Crippen molar-refractivity contribution in [3.8, 4) is 0 Å². The Morgan fingerprint density at radius 1 is 1.11 bits per heavy atom. The molecule has 2 aliphatic rings. The fourth-order valence-electron chi connectivity index (χ4n) is 3.71. The molecule has 0 radical (unpaired) electrons. The van der Waals surface area contributed by atoms with Crippen LogP contribution in [0.2, 0.25) is 0 Å². The summed E-state index contributed by atoms with van der Waals surface area (Å²) in [4.78, 5) is 4.38. The highest BCUT2D eigenvalue weighted by molar-refractivity contribution is 14.0. The first kappa shape index (κ1) is 22.4. The van der Waals surface area contributed by atoms with E-state index < -0.39 is 0 Å². The Morgan fingerprint density at radius 2 is 1.85 bits per heavy atom. The molecular formula is C21H34IN3O2. The molecular weight excluding hydrogens is 453 g/mol. The number of hydrogen-bond donors (Lipinski definition) is 2. The molecule has 1 saturated carbocycles. The summed E-state index contributed by atoms with van der Waals surface area (Å²) in [6.07, 6.45) is 8.86. The third-order valence-corrected chi connectivity index (χ3v) is 5.28. The number of nitrogens with one attached hydrogen (secondary N) is 2. The maximum Gasteiger partial charge on any atom is 0.191 e. The van der Waals surface area contributed by atoms with Crippen LogP contribution in [0.25, 0.3) is 0 Å². The zero-order valence-corrected chi connectivity index (χ0v) is 18.7. The van der Waals surface area contributed by atoms with Gasteiger partial charge >= 0.3 is 0 Å². The van der Waals surface area contributed by atoms with Gasteiger partial charge in [-0.1, -0.05) is 43.5 Å². The number of benzene rings is 1. The maximum absolute atomic E-state index is 6.03. The van der Waals surface area contributed by atoms with E-state index in [2.05, 4.69) is 39.9 Å². The van der Waals surface area contributed by atoms with Gasteiger partial charge in [-0.3, -0.25) is 4.99 Å². The fraction of sp³-hybridized carbons (Fsp3) is 0.667. The third kappa shape index (κ3) is 7.95. The van der Waals surface area contributed by atoms with Crippen LogP contribution in [-0.4, -0.2) is 38.4 Å². The molecule has 3 rings (SSSR count). The van der Waals surface area contributed by atoms with E-state index in [1.54, 1.807) is 0 Å². The summed E-state index contributed by atoms with van der Waals surface area (Å²) < 4.78 is 11.4. The Labute approximate surface area is 180 Å². The number of nitrogens with zero attached hydrogens (tertiary/aromatic N) is 1. The lowest BCUT2D eigenvalue weighted by atomic mass is 9.96. The van der Waals surface area contributed by atoms with Crippen molar-refractivity contribution in [2.75, 3.05) is 20.3 Å². The molecule has 0 aromatic heterocycles. The van der Waals surface area contributed by atoms with Crippen molar-refractivity contribution < 1.29 is 9.47 Å². The Bertz CT molecular complexity index is 570. The van der Waals surface area contributed by atoms with Gasteiger partial charge in [0.25, 0.3) is 0 Å². The van der Waals surface area contributed by atoms with Gasteiger partial charge in [-0.15, -0.1) is 24.0 Å². The van der Waals surface area contributed by atoms with Crippen molar-refractivity contribution in [2.45, 2.75) is 70.2 Å². The Balaban J connectivity index is 0.00000261. The zero-order chi connectivity index (χ0) is 18.0. The molecule has 27 heavy (non-hydrogen) atoms. The van der Waals surface area contributed by atoms with Crippen LogP contribution in [0, 0.1) is 0 Å². The van der Waals surface area contributed by atoms with Gasteiger partial charge < -0.3 is 20.1 Å². The predicted octanol–water partition coefficient (Wildman–Crippen LogP) is 4.00. The molecule has 5 nitrogen and oxygen atoms in total. The van der Waals surface area contributed by atoms with Gasteiger partial charge in [-0.2, -0.15) is 0 Å². The lowest BCUT2D eigenvalue weighted by Crippen LogP contribution is -2.43. The Hall–Kier alpha value is -0.860. The Kier molecular flexibility index (Phi) is 10.4. The van der Waals surface area contributed by atoms with E-state index in [1.807, 2.05) is 7.05 Å². The molecule has 1 aromatic rings. The average Bonchev–Trinajstić information content (AvgIpc) is 2.71. The van der Waals surface area contributed by atoms with Crippen LogP contribution < -0.4 is 10.6 Å². The molecule has 0 bridgehead atoms. The van der Waals surface area contributed by atoms with Crippen molar-refractivity contribution in [1.82, 2.24) is 10.6 Å². The first-order valence-corrected chi connectivity index (χ1v) is 10.1. The van der Waals surface area contributed by atoms with Gasteiger partial charge in [0.15, 0.2) is 5.96 Å². The van der Waals surface area contributed by atoms with Gasteiger partial charge in [0.05, 0.1) is 12.7 Å². The summed E-state index contributed by atoms with van der Waals surface area (Å²) >= 11 is 0. The second-order valence-corrected chi connectivity index (χ2v) is 7.35. The van der Waals surface area contributed by atoms with E-state index in [4.69, 9.17) is 9.47 Å². The summed E-state index contributed by atoms with van der Waals surface area (Å²) in [5, 5.41) is 7.01. The van der Waals surface area contributed by atoms with Crippen molar-refractivity contribution in [1.29, 1.82) is 0 Å². The minimum atomic E-state index is 0. The lowest BCUT2D eigenvalue weighted by Gasteiger charge is -2.25. The van der Waals surface area contributed by atoms with E-state index in [-0.39, 0.29) is 24.0 Å². The molecule has 2 N–H and O–H groups in total. The van der Waals surface area contributed by atoms with Crippen LogP contribution in [-0.2, 0) is 22.6 Å². The normalized spacial score (nSPS) is 19.4. The highest BCUT2D eigenvalue weighted by Crippen LogP contribution is 2.17. The molecule has 0 atom stereocenters. The van der Waals surface area contributed by atoms with E-state index in [1.165, 1.54) is 43.2 Å². The zero-order valence-electron chi connectivity index (χ0n) is 16.4. The van der Waals surface area contributed by atoms with Crippen LogP contribution >= 0.6 is 24.0 Å². The molecule has 1 aliphatic carbocycles. The SMILES string of the molecule is CN=C(NCc1cccc(COC2CCOCC2)c1)NC1CCCCC1.I. The van der Waals surface area contributed by atoms with Crippen molar-refractivity contribution in [3.05, 3.63) is 35.4 Å². The van der Waals surface area contributed by atoms with Gasteiger partial charge in [-0.25, -0.2) is 0 Å². The number of aliphatic imine (C=N–C) groups is 1. The average molecular weight is 487 g/mol. The molecule has 1 aliphatic heterocycles. The number of ether oxygens (including phenoxy) is 2. The molecule has 0 amide bonds. The largest absolute Gasteiger partial charge is 0.381 e. The van der Waals surface area contributed by atoms with E-state index >= 15 is 0 Å². The number of halogens is 1. The maximum atomic E-state index is 6.03. The molecule has 0 unspecified atom stereocenters. The minimum Gasteiger partial charge on any atom is -0.381 e. The summed E-state index contributed by atoms with van der Waals surface area (Å²) in [5.74, 6) is 0.903. The van der Waals surface area contributed by atoms with Gasteiger partial charge in [0.2, 0.25) is 0 Å². The number of rotatable bonds is 6. The van der Waals surface area contributed by atoms with Crippen molar-refractivity contribution in [3.63, 3.8) is 0 Å². The Morgan fingerprint density at radius 3 is 2.59 bits per heavy atom. The van der Waals surface area contributed by atoms with Crippen molar-refractivity contribution >= 4 is 29.9 Å². The highest BCUT2D eigenvalue weighted by Gasteiger charge is 2.15. The summed E-state index contributed by atoms with van der Waals surface area (Å²) in [6.45, 7) is 3.09. The molecule has 1 heterocycles. The van der Waals surface area contributed by atoms with Gasteiger partial charge in [-0.05, 0) is 36.8 Å². The van der Waals surface area contributed by atoms with Crippen LogP contribution in [0.5, 0.6) is 0 Å². The monoisotopic (exact) mass is 487 g/mol. The summed E-state index contributed by atoms with van der Waals surface area (Å²) in [7, 11) is 1.84. The van der Waals surface area contributed by atoms with Gasteiger partial charge in [0.1, 0.15) is 0 Å². The third-order valence-electron chi connectivity index (χ3n) is 5.28. The predicted molar refractivity (Wildman–Crippen MR) is 121 cm³/mol. The van der Waals surface area contributed by atoms with Crippen LogP contribution in [0.4, 0.5) is 0 Å². The molecule has 1 saturated heterocycles.